The molecule has 0 fully saturated rings. The molecule has 1 amide bonds. The van der Waals surface area contributed by atoms with Gasteiger partial charge in [-0.2, -0.15) is 0 Å². The standard InChI is InChI=1S/C19H30N2O2/c1-4-7-8-9-10-13-21-16-12-11-15(20)14-17(16)23-19(5-2,6-3)18(21)22/h11-12,14H,4-10,13,20H2,1-3H3. The molecule has 0 radical (unpaired) electrons. The molecule has 4 nitrogen and oxygen atoms in total. The van der Waals surface area contributed by atoms with Gasteiger partial charge in [0.25, 0.3) is 5.91 Å². The average molecular weight is 318 g/mol. The van der Waals surface area contributed by atoms with Gasteiger partial charge in [-0.1, -0.05) is 46.5 Å². The van der Waals surface area contributed by atoms with Gasteiger partial charge in [0.15, 0.2) is 5.60 Å². The van der Waals surface area contributed by atoms with Crippen LogP contribution in [0.3, 0.4) is 0 Å². The third-order valence-corrected chi connectivity index (χ3v) is 4.84. The fourth-order valence-corrected chi connectivity index (χ4v) is 3.24. The molecule has 1 heterocycles. The number of carbonyl (C=O) groups is 1. The fraction of sp³-hybridized carbons (Fsp3) is 0.632. The van der Waals surface area contributed by atoms with Crippen LogP contribution in [0.4, 0.5) is 11.4 Å². The summed E-state index contributed by atoms with van der Waals surface area (Å²) in [5.41, 5.74) is 6.69. The molecule has 2 rings (SSSR count). The van der Waals surface area contributed by atoms with Crippen LogP contribution < -0.4 is 15.4 Å². The zero-order valence-electron chi connectivity index (χ0n) is 14.7. The minimum absolute atomic E-state index is 0.0928. The zero-order chi connectivity index (χ0) is 16.9. The highest BCUT2D eigenvalue weighted by atomic mass is 16.5. The topological polar surface area (TPSA) is 55.6 Å². The van der Waals surface area contributed by atoms with Crippen LogP contribution in [-0.2, 0) is 4.79 Å². The molecule has 0 spiro atoms. The first-order valence-corrected chi connectivity index (χ1v) is 8.98. The van der Waals surface area contributed by atoms with Gasteiger partial charge in [0, 0.05) is 18.3 Å². The number of fused-ring (bicyclic) bond motifs is 1. The summed E-state index contributed by atoms with van der Waals surface area (Å²) in [5.74, 6) is 0.831. The second kappa shape index (κ2) is 7.71. The van der Waals surface area contributed by atoms with Crippen molar-refractivity contribution in [3.05, 3.63) is 18.2 Å². The zero-order valence-corrected chi connectivity index (χ0v) is 14.7. The number of hydrogen-bond donors (Lipinski definition) is 1. The Kier molecular flexibility index (Phi) is 5.91. The number of anilines is 2. The van der Waals surface area contributed by atoms with Crippen molar-refractivity contribution in [1.29, 1.82) is 0 Å². The lowest BCUT2D eigenvalue weighted by Gasteiger charge is -2.42. The molecule has 1 aliphatic heterocycles. The van der Waals surface area contributed by atoms with Crippen molar-refractivity contribution in [3.8, 4) is 5.75 Å². The third kappa shape index (κ3) is 3.62. The highest BCUT2D eigenvalue weighted by Gasteiger charge is 2.45. The van der Waals surface area contributed by atoms with Crippen LogP contribution in [0.25, 0.3) is 0 Å². The number of nitrogens with zero attached hydrogens (tertiary/aromatic N) is 1. The van der Waals surface area contributed by atoms with Crippen LogP contribution in [0.2, 0.25) is 0 Å². The van der Waals surface area contributed by atoms with Gasteiger partial charge in [0.1, 0.15) is 5.75 Å². The quantitative estimate of drug-likeness (QED) is 0.566. The SMILES string of the molecule is CCCCCCCN1C(=O)C(CC)(CC)Oc2cc(N)ccc21. The molecule has 1 aromatic carbocycles. The number of amides is 1. The highest BCUT2D eigenvalue weighted by Crippen LogP contribution is 2.41. The Labute approximate surface area is 140 Å². The van der Waals surface area contributed by atoms with Gasteiger partial charge in [0.2, 0.25) is 0 Å². The van der Waals surface area contributed by atoms with Crippen molar-refractivity contribution >= 4 is 17.3 Å². The summed E-state index contributed by atoms with van der Waals surface area (Å²) in [4.78, 5) is 15.0. The van der Waals surface area contributed by atoms with Gasteiger partial charge in [0.05, 0.1) is 5.69 Å². The van der Waals surface area contributed by atoms with E-state index in [1.165, 1.54) is 19.3 Å². The molecule has 1 aliphatic rings. The van der Waals surface area contributed by atoms with E-state index in [0.29, 0.717) is 18.5 Å². The van der Waals surface area contributed by atoms with Crippen LogP contribution in [0.5, 0.6) is 5.75 Å². The molecule has 1 aromatic rings. The Balaban J connectivity index is 2.22. The molecule has 4 heteroatoms. The summed E-state index contributed by atoms with van der Waals surface area (Å²) in [6.45, 7) is 6.99. The van der Waals surface area contributed by atoms with Crippen LogP contribution in [0, 0.1) is 0 Å². The fourth-order valence-electron chi connectivity index (χ4n) is 3.24. The highest BCUT2D eigenvalue weighted by molar-refractivity contribution is 6.03. The summed E-state index contributed by atoms with van der Waals surface area (Å²) in [5, 5.41) is 0. The van der Waals surface area contributed by atoms with Crippen molar-refractivity contribution in [1.82, 2.24) is 0 Å². The van der Waals surface area contributed by atoms with Crippen LogP contribution in [0.1, 0.15) is 65.7 Å². The van der Waals surface area contributed by atoms with E-state index in [4.69, 9.17) is 10.5 Å². The number of unbranched alkanes of at least 4 members (excludes halogenated alkanes) is 4. The maximum atomic E-state index is 13.0. The summed E-state index contributed by atoms with van der Waals surface area (Å²) >= 11 is 0. The van der Waals surface area contributed by atoms with Gasteiger partial charge in [-0.3, -0.25) is 4.79 Å². The lowest BCUT2D eigenvalue weighted by Crippen LogP contribution is -2.55. The van der Waals surface area contributed by atoms with Crippen LogP contribution >= 0.6 is 0 Å². The van der Waals surface area contributed by atoms with E-state index >= 15 is 0 Å². The number of hydrogen-bond acceptors (Lipinski definition) is 3. The monoisotopic (exact) mass is 318 g/mol. The first-order chi connectivity index (χ1) is 11.1. The summed E-state index contributed by atoms with van der Waals surface area (Å²) in [7, 11) is 0. The van der Waals surface area contributed by atoms with Crippen molar-refractivity contribution in [2.45, 2.75) is 71.3 Å². The molecule has 2 N–H and O–H groups in total. The third-order valence-electron chi connectivity index (χ3n) is 4.84. The van der Waals surface area contributed by atoms with E-state index in [2.05, 4.69) is 6.92 Å². The summed E-state index contributed by atoms with van der Waals surface area (Å²) in [6.07, 6.45) is 7.25. The second-order valence-electron chi connectivity index (χ2n) is 6.40. The van der Waals surface area contributed by atoms with E-state index in [9.17, 15) is 4.79 Å². The molecule has 0 aliphatic carbocycles. The molecular formula is C19H30N2O2. The number of rotatable bonds is 8. The lowest BCUT2D eigenvalue weighted by molar-refractivity contribution is -0.136. The number of benzene rings is 1. The molecule has 128 valence electrons. The lowest BCUT2D eigenvalue weighted by atomic mass is 9.92. The first kappa shape index (κ1) is 17.6. The molecule has 0 saturated carbocycles. The summed E-state index contributed by atoms with van der Waals surface area (Å²) < 4.78 is 6.11. The van der Waals surface area contributed by atoms with E-state index in [0.717, 1.165) is 30.8 Å². The predicted molar refractivity (Wildman–Crippen MR) is 95.9 cm³/mol. The van der Waals surface area contributed by atoms with E-state index < -0.39 is 5.60 Å². The van der Waals surface area contributed by atoms with Crippen molar-refractivity contribution in [2.24, 2.45) is 0 Å². The molecule has 23 heavy (non-hydrogen) atoms. The minimum atomic E-state index is -0.746. The molecule has 0 bridgehead atoms. The Bertz CT molecular complexity index is 538. The number of ether oxygens (including phenoxy) is 1. The normalized spacial score (nSPS) is 16.1. The predicted octanol–water partition coefficient (Wildman–Crippen LogP) is 4.52. The van der Waals surface area contributed by atoms with Crippen molar-refractivity contribution < 1.29 is 9.53 Å². The maximum Gasteiger partial charge on any atom is 0.271 e. The van der Waals surface area contributed by atoms with Gasteiger partial charge in [-0.25, -0.2) is 0 Å². The van der Waals surface area contributed by atoms with Gasteiger partial charge in [-0.15, -0.1) is 0 Å². The van der Waals surface area contributed by atoms with Crippen molar-refractivity contribution in [3.63, 3.8) is 0 Å². The minimum Gasteiger partial charge on any atom is -0.475 e. The second-order valence-corrected chi connectivity index (χ2v) is 6.40. The maximum absolute atomic E-state index is 13.0. The number of carbonyl (C=O) groups excluding carboxylic acids is 1. The van der Waals surface area contributed by atoms with E-state index in [1.807, 2.05) is 36.9 Å². The smallest absolute Gasteiger partial charge is 0.271 e. The van der Waals surface area contributed by atoms with E-state index in [1.54, 1.807) is 0 Å². The van der Waals surface area contributed by atoms with Gasteiger partial charge >= 0.3 is 0 Å². The van der Waals surface area contributed by atoms with Crippen LogP contribution in [0.15, 0.2) is 18.2 Å². The Morgan fingerprint density at radius 1 is 1.09 bits per heavy atom. The van der Waals surface area contributed by atoms with Crippen molar-refractivity contribution in [2.75, 3.05) is 17.2 Å². The Hall–Kier alpha value is -1.71. The van der Waals surface area contributed by atoms with Gasteiger partial charge in [-0.05, 0) is 31.4 Å². The first-order valence-electron chi connectivity index (χ1n) is 8.98. The van der Waals surface area contributed by atoms with Gasteiger partial charge < -0.3 is 15.4 Å². The number of nitrogen functional groups attached to an aromatic ring is 1. The molecular weight excluding hydrogens is 288 g/mol. The summed E-state index contributed by atoms with van der Waals surface area (Å²) in [6, 6.07) is 5.58. The Morgan fingerprint density at radius 2 is 1.78 bits per heavy atom. The molecule has 0 saturated heterocycles. The van der Waals surface area contributed by atoms with E-state index in [-0.39, 0.29) is 5.91 Å². The van der Waals surface area contributed by atoms with Crippen LogP contribution in [-0.4, -0.2) is 18.1 Å². The number of nitrogens with two attached hydrogens (primary N) is 1. The Morgan fingerprint density at radius 3 is 2.43 bits per heavy atom. The average Bonchev–Trinajstić information content (AvgIpc) is 2.56. The molecule has 0 aromatic heterocycles. The molecule has 0 atom stereocenters. The molecule has 0 unspecified atom stereocenters. The largest absolute Gasteiger partial charge is 0.475 e.